The number of urea groups is 1. The van der Waals surface area contributed by atoms with E-state index in [9.17, 15) is 57.8 Å². The Labute approximate surface area is 873 Å². The SMILES string of the molecule is CC(C)[C@H](NC(=O)[C@@H](CCCCNC(=O)COC1CCCCCC(NCCOCCOCCOCCOCCC(=O)NCC[N+](C)(C)C)=C1NN)NC(=O)CCOCCOCCOCCOCCNC(=O)COC1CCCCCC2=C1NNN2C)C(=O)C[C@@H](CCCNC(N)=O)C(=O)Nc1ccc(COC(=O)Nc2ccc3c(c2)[C@@]2(C)CCC[C@](C)(C(=O)NC(=O)[C@@]4(C)CCC[C@]5(C)c6cc(O)ccc6CC[C@@H]45)[C@@H]2CC3)cc1. The van der Waals surface area contributed by atoms with E-state index in [0.29, 0.717) is 160 Å². The van der Waals surface area contributed by atoms with Gasteiger partial charge in [0.2, 0.25) is 47.3 Å². The van der Waals surface area contributed by atoms with E-state index in [1.807, 2.05) is 56.2 Å². The zero-order valence-electron chi connectivity index (χ0n) is 89.3. The number of ketones is 1. The Morgan fingerprint density at radius 1 is 0.514 bits per heavy atom. The topological polar surface area (TPSA) is 521 Å². The Morgan fingerprint density at radius 3 is 1.63 bits per heavy atom. The molecule has 18 N–H and O–H groups in total. The molecular formula is C108H172N17O23+. The minimum Gasteiger partial charge on any atom is -0.508 e. The summed E-state index contributed by atoms with van der Waals surface area (Å²) in [6, 6.07) is 15.1. The number of hydrazine groups is 3. The molecule has 2 unspecified atom stereocenters. The molecule has 1 aliphatic heterocycles. The summed E-state index contributed by atoms with van der Waals surface area (Å²) in [4.78, 5) is 151. The zero-order valence-corrected chi connectivity index (χ0v) is 89.3. The zero-order chi connectivity index (χ0) is 106. The van der Waals surface area contributed by atoms with Gasteiger partial charge in [-0.1, -0.05) is 104 Å². The fourth-order valence-corrected chi connectivity index (χ4v) is 21.9. The lowest BCUT2D eigenvalue weighted by atomic mass is 9.49. The molecular weight excluding hydrogens is 1900 g/mol. The summed E-state index contributed by atoms with van der Waals surface area (Å²) in [6.45, 7) is 18.9. The molecule has 6 aliphatic carbocycles. The maximum Gasteiger partial charge on any atom is 0.411 e. The standard InChI is InChI=1S/C108H171N17O23/c1-74(2)96(87(127)68-78(22-19-47-115-103(109)136)99(132)116-79-34-28-75(29-35-79)71-148-104(137)117-80-36-30-76-32-38-90-105(3,82(76)69-80)42-20-44-107(90,5)101(134)120-102(135)108(6)45-21-43-106(4)83-70-81(126)37-31-77(83)33-39-91(106)108)119-100(133)85(118-93(129)41-53-139-57-61-143-65-67-145-63-59-141-55-50-114-95(131)73-147-89-27-16-12-14-25-86-98(89)122-123-124(86)7)24-17-18-46-112-94(130)72-146-88-26-15-11-13-23-84(97(88)121-110)111-49-54-140-58-62-144-66-64-142-60-56-138-52-40-92(128)113-48-51-125(8,9)10/h28-31,34-37,69-70,74,78,85,88-91,96,111,121-123H,11-27,32-33,38-68,71-73,110H2,1-10H3,(H11-,109,112,113,114,115,116,117,118,119,120,126,128,129,130,131,132,133,134,135,136,137)/p+1/t78-,85-,88?,89?,90-,91-,96+,105-,106-,107+,108+/m1/s1. The van der Waals surface area contributed by atoms with Crippen LogP contribution < -0.4 is 81.1 Å². The van der Waals surface area contributed by atoms with Gasteiger partial charge in [-0.2, -0.15) is 0 Å². The van der Waals surface area contributed by atoms with Crippen LogP contribution >= 0.6 is 0 Å². The normalized spacial score (nSPS) is 21.8. The summed E-state index contributed by atoms with van der Waals surface area (Å²) in [5.74, 6) is 1.57. The molecule has 2 fully saturated rings. The summed E-state index contributed by atoms with van der Waals surface area (Å²) in [7, 11) is 8.18. The number of benzene rings is 3. The molecule has 3 aromatic carbocycles. The highest BCUT2D eigenvalue weighted by atomic mass is 16.6. The molecule has 148 heavy (non-hydrogen) atoms. The number of anilines is 2. The molecule has 0 spiro atoms. The number of carbonyl (C=O) groups excluding carboxylic acids is 11. The molecule has 10 rings (SSSR count). The van der Waals surface area contributed by atoms with E-state index in [4.69, 9.17) is 63.7 Å². The minimum absolute atomic E-state index is 0.0109. The van der Waals surface area contributed by atoms with Gasteiger partial charge in [-0.25, -0.2) is 9.59 Å². The fraction of sp³-hybridized carbons (Fsp3) is 0.694. The summed E-state index contributed by atoms with van der Waals surface area (Å²) in [6.07, 6.45) is 16.4. The number of phenols is 1. The summed E-state index contributed by atoms with van der Waals surface area (Å²) in [5.41, 5.74) is 21.8. The number of ether oxygens (including phenoxy) is 11. The average Bonchev–Trinajstić information content (AvgIpc) is 0.751. The Morgan fingerprint density at radius 2 is 1.04 bits per heavy atom. The van der Waals surface area contributed by atoms with Crippen molar-refractivity contribution in [3.8, 4) is 5.75 Å². The summed E-state index contributed by atoms with van der Waals surface area (Å²) >= 11 is 0. The van der Waals surface area contributed by atoms with Crippen LogP contribution in [-0.2, 0) is 126 Å². The lowest BCUT2D eigenvalue weighted by Gasteiger charge is -2.56. The highest BCUT2D eigenvalue weighted by Crippen LogP contribution is 2.60. The smallest absolute Gasteiger partial charge is 0.411 e. The van der Waals surface area contributed by atoms with Crippen molar-refractivity contribution in [1.29, 1.82) is 0 Å². The highest BCUT2D eigenvalue weighted by Gasteiger charge is 2.59. The number of nitrogens with two attached hydrogens (primary N) is 2. The van der Waals surface area contributed by atoms with Crippen molar-refractivity contribution < 1.29 is 114 Å². The van der Waals surface area contributed by atoms with Crippen LogP contribution in [0.1, 0.15) is 236 Å². The molecule has 0 bridgehead atoms. The molecule has 0 saturated heterocycles. The first-order valence-corrected chi connectivity index (χ1v) is 53.8. The number of unbranched alkanes of at least 4 members (excludes halogenated alkanes) is 1. The van der Waals surface area contributed by atoms with Crippen LogP contribution in [-0.4, -0.2) is 290 Å². The van der Waals surface area contributed by atoms with Crippen LogP contribution in [0, 0.1) is 34.5 Å². The number of primary amides is 1. The second-order valence-electron chi connectivity index (χ2n) is 42.5. The first kappa shape index (κ1) is 120. The number of hydrogen-bond acceptors (Lipinski definition) is 29. The van der Waals surface area contributed by atoms with Crippen molar-refractivity contribution >= 4 is 76.5 Å². The lowest BCUT2D eigenvalue weighted by molar-refractivity contribution is -0.869. The quantitative estimate of drug-likeness (QED) is 0.00829. The van der Waals surface area contributed by atoms with Gasteiger partial charge in [0.1, 0.15) is 43.8 Å². The van der Waals surface area contributed by atoms with E-state index in [2.05, 4.69) is 105 Å². The first-order valence-electron chi connectivity index (χ1n) is 53.8. The van der Waals surface area contributed by atoms with Crippen LogP contribution in [0.4, 0.5) is 21.0 Å². The molecule has 826 valence electrons. The average molecular weight is 2080 g/mol. The number of hydrogen-bond donors (Lipinski definition) is 16. The van der Waals surface area contributed by atoms with Crippen molar-refractivity contribution in [3.63, 3.8) is 0 Å². The number of fused-ring (bicyclic) bond motifs is 6. The molecule has 40 nitrogen and oxygen atoms in total. The van der Waals surface area contributed by atoms with Crippen molar-refractivity contribution in [2.24, 2.45) is 46.1 Å². The fourth-order valence-electron chi connectivity index (χ4n) is 21.9. The van der Waals surface area contributed by atoms with Gasteiger partial charge in [-0.3, -0.25) is 64.6 Å². The Hall–Kier alpha value is -10.2. The predicted octanol–water partition coefficient (Wildman–Crippen LogP) is 8.36. The third-order valence-corrected chi connectivity index (χ3v) is 30.1. The number of nitrogens with zero attached hydrogens (tertiary/aromatic N) is 2. The van der Waals surface area contributed by atoms with Gasteiger partial charge in [0, 0.05) is 75.5 Å². The first-order chi connectivity index (χ1) is 71.1. The van der Waals surface area contributed by atoms with E-state index < -0.39 is 81.9 Å². The van der Waals surface area contributed by atoms with Gasteiger partial charge in [-0.15, -0.1) is 5.53 Å². The van der Waals surface area contributed by atoms with Gasteiger partial charge in [0.15, 0.2) is 5.78 Å². The lowest BCUT2D eigenvalue weighted by Crippen LogP contribution is -2.60. The van der Waals surface area contributed by atoms with E-state index >= 15 is 0 Å². The largest absolute Gasteiger partial charge is 0.508 e. The monoisotopic (exact) mass is 2080 g/mol. The number of aromatic hydroxyl groups is 1. The maximum atomic E-state index is 14.9. The van der Waals surface area contributed by atoms with Crippen molar-refractivity contribution in [3.05, 3.63) is 111 Å². The Bertz CT molecular complexity index is 4830. The molecule has 40 heteroatoms. The second kappa shape index (κ2) is 61.3. The molecule has 0 radical (unpaired) electrons. The van der Waals surface area contributed by atoms with E-state index in [1.54, 1.807) is 44.2 Å². The number of allylic oxidation sites excluding steroid dienone is 2. The number of amides is 11. The molecule has 3 aromatic rings. The summed E-state index contributed by atoms with van der Waals surface area (Å²) < 4.78 is 64.2. The van der Waals surface area contributed by atoms with Crippen molar-refractivity contribution in [1.82, 2.24) is 63.9 Å². The third kappa shape index (κ3) is 37.7. The van der Waals surface area contributed by atoms with Crippen LogP contribution in [0.2, 0.25) is 0 Å². The van der Waals surface area contributed by atoms with Crippen LogP contribution in [0.25, 0.3) is 0 Å². The maximum absolute atomic E-state index is 14.9. The predicted molar refractivity (Wildman–Crippen MR) is 558 cm³/mol. The van der Waals surface area contributed by atoms with Gasteiger partial charge >= 0.3 is 12.1 Å². The Kier molecular flexibility index (Phi) is 49.6. The van der Waals surface area contributed by atoms with Gasteiger partial charge in [-0.05, 0) is 215 Å². The number of nitrogens with one attached hydrogen (secondary N) is 13. The molecule has 11 atom stereocenters. The van der Waals surface area contributed by atoms with Crippen LogP contribution in [0.15, 0.2) is 83.5 Å². The molecule has 11 amide bonds. The third-order valence-electron chi connectivity index (χ3n) is 30.1. The van der Waals surface area contributed by atoms with Crippen molar-refractivity contribution in [2.75, 3.05) is 197 Å². The number of Topliss-reactive ketones (excluding diaryl/α,β-unsaturated/α-hetero) is 1. The summed E-state index contributed by atoms with van der Waals surface area (Å²) in [5, 5.41) is 41.8. The number of aryl methyl sites for hydroxylation is 2. The second-order valence-corrected chi connectivity index (χ2v) is 42.5. The number of phenolic OH excluding ortho intramolecular Hbond substituents is 1. The minimum atomic E-state index is -1.15. The highest BCUT2D eigenvalue weighted by molar-refractivity contribution is 6.01. The number of likely N-dealkylation sites (N-methyl/N-ethyl adjacent to an activating group) is 1. The van der Waals surface area contributed by atoms with Crippen LogP contribution in [0.3, 0.4) is 0 Å². The number of quaternary nitrogens is 1. The number of carbonyl (C=O) groups is 11. The number of imide groups is 1. The molecule has 0 aromatic heterocycles. The molecule has 2 saturated carbocycles. The van der Waals surface area contributed by atoms with Gasteiger partial charge < -0.3 is 121 Å². The van der Waals surface area contributed by atoms with E-state index in [0.717, 1.165) is 148 Å². The van der Waals surface area contributed by atoms with Crippen LogP contribution in [0.5, 0.6) is 5.75 Å². The van der Waals surface area contributed by atoms with E-state index in [-0.39, 0.29) is 157 Å². The van der Waals surface area contributed by atoms with Crippen molar-refractivity contribution in [2.45, 2.75) is 263 Å². The Balaban J connectivity index is 0.671. The number of rotatable bonds is 64. The van der Waals surface area contributed by atoms with Gasteiger partial charge in [0.25, 0.3) is 0 Å². The molecule has 7 aliphatic rings. The molecule has 1 heterocycles. The van der Waals surface area contributed by atoms with E-state index in [1.165, 1.54) is 5.56 Å². The van der Waals surface area contributed by atoms with Gasteiger partial charge in [0.05, 0.1) is 174 Å².